The predicted molar refractivity (Wildman–Crippen MR) is 66.7 cm³/mol. The van der Waals surface area contributed by atoms with Crippen LogP contribution in [0.1, 0.15) is 18.5 Å². The van der Waals surface area contributed by atoms with Crippen LogP contribution in [-0.4, -0.2) is 31.3 Å². The number of aromatic nitrogens is 5. The van der Waals surface area contributed by atoms with E-state index in [-0.39, 0.29) is 0 Å². The van der Waals surface area contributed by atoms with Gasteiger partial charge < -0.3 is 5.32 Å². The van der Waals surface area contributed by atoms with E-state index in [2.05, 4.69) is 20.7 Å². The summed E-state index contributed by atoms with van der Waals surface area (Å²) >= 11 is 0. The van der Waals surface area contributed by atoms with Gasteiger partial charge in [-0.25, -0.2) is 0 Å². The van der Waals surface area contributed by atoms with Crippen molar-refractivity contribution in [3.8, 4) is 0 Å². The van der Waals surface area contributed by atoms with Crippen molar-refractivity contribution in [1.82, 2.24) is 30.1 Å². The van der Waals surface area contributed by atoms with E-state index in [1.807, 2.05) is 27.8 Å². The Kier molecular flexibility index (Phi) is 3.36. The Labute approximate surface area is 106 Å². The quantitative estimate of drug-likeness (QED) is 0.780. The van der Waals surface area contributed by atoms with Crippen LogP contribution in [0.3, 0.4) is 0 Å². The second-order valence-corrected chi connectivity index (χ2v) is 4.82. The van der Waals surface area contributed by atoms with Gasteiger partial charge in [0.05, 0.1) is 18.8 Å². The second-order valence-electron chi connectivity index (χ2n) is 4.82. The SMILES string of the molecule is c1cnn(CCn2cc(CNCC3CC3)nn2)c1. The normalized spacial score (nSPS) is 15.1. The molecule has 1 N–H and O–H groups in total. The molecule has 0 amide bonds. The third-order valence-electron chi connectivity index (χ3n) is 3.14. The van der Waals surface area contributed by atoms with E-state index in [0.29, 0.717) is 0 Å². The van der Waals surface area contributed by atoms with Crippen molar-refractivity contribution in [3.63, 3.8) is 0 Å². The zero-order valence-corrected chi connectivity index (χ0v) is 10.4. The molecule has 6 nitrogen and oxygen atoms in total. The molecule has 0 saturated heterocycles. The Morgan fingerprint density at radius 2 is 2.17 bits per heavy atom. The minimum absolute atomic E-state index is 0.803. The first-order chi connectivity index (χ1) is 8.90. The van der Waals surface area contributed by atoms with Gasteiger partial charge >= 0.3 is 0 Å². The van der Waals surface area contributed by atoms with E-state index in [4.69, 9.17) is 0 Å². The van der Waals surface area contributed by atoms with Gasteiger partial charge in [-0.1, -0.05) is 5.21 Å². The molecule has 1 aliphatic rings. The standard InChI is InChI=1S/C12H18N6/c1-4-14-17(5-1)6-7-18-10-12(15-16-18)9-13-8-11-2-3-11/h1,4-5,10-11,13H,2-3,6-9H2. The number of hydrogen-bond acceptors (Lipinski definition) is 4. The molecule has 1 saturated carbocycles. The van der Waals surface area contributed by atoms with Crippen molar-refractivity contribution >= 4 is 0 Å². The first-order valence-corrected chi connectivity index (χ1v) is 6.47. The monoisotopic (exact) mass is 246 g/mol. The lowest BCUT2D eigenvalue weighted by molar-refractivity contribution is 0.490. The average molecular weight is 246 g/mol. The number of hydrogen-bond donors (Lipinski definition) is 1. The molecule has 0 aliphatic heterocycles. The molecule has 0 unspecified atom stereocenters. The lowest BCUT2D eigenvalue weighted by Crippen LogP contribution is -2.16. The van der Waals surface area contributed by atoms with Crippen molar-refractivity contribution in [2.45, 2.75) is 32.5 Å². The maximum absolute atomic E-state index is 4.16. The summed E-state index contributed by atoms with van der Waals surface area (Å²) in [5.74, 6) is 0.903. The van der Waals surface area contributed by atoms with E-state index in [1.54, 1.807) is 6.20 Å². The van der Waals surface area contributed by atoms with Gasteiger partial charge in [0.25, 0.3) is 0 Å². The molecular weight excluding hydrogens is 228 g/mol. The molecule has 0 bridgehead atoms. The molecule has 6 heteroatoms. The maximum Gasteiger partial charge on any atom is 0.0964 e. The second kappa shape index (κ2) is 5.30. The van der Waals surface area contributed by atoms with E-state index < -0.39 is 0 Å². The van der Waals surface area contributed by atoms with Crippen molar-refractivity contribution in [2.24, 2.45) is 5.92 Å². The summed E-state index contributed by atoms with van der Waals surface area (Å²) in [4.78, 5) is 0. The fraction of sp³-hybridized carbons (Fsp3) is 0.583. The van der Waals surface area contributed by atoms with E-state index in [1.165, 1.54) is 12.8 Å². The third-order valence-corrected chi connectivity index (χ3v) is 3.14. The number of nitrogens with zero attached hydrogens (tertiary/aromatic N) is 5. The molecule has 0 radical (unpaired) electrons. The van der Waals surface area contributed by atoms with Crippen LogP contribution in [0.5, 0.6) is 0 Å². The van der Waals surface area contributed by atoms with Gasteiger partial charge in [0.2, 0.25) is 0 Å². The maximum atomic E-state index is 4.16. The summed E-state index contributed by atoms with van der Waals surface area (Å²) in [6, 6.07) is 1.93. The molecule has 0 atom stereocenters. The van der Waals surface area contributed by atoms with Gasteiger partial charge in [-0.15, -0.1) is 5.10 Å². The van der Waals surface area contributed by atoms with Crippen molar-refractivity contribution in [1.29, 1.82) is 0 Å². The largest absolute Gasteiger partial charge is 0.311 e. The highest BCUT2D eigenvalue weighted by Gasteiger charge is 2.20. The van der Waals surface area contributed by atoms with Crippen LogP contribution < -0.4 is 5.32 Å². The topological polar surface area (TPSA) is 60.6 Å². The van der Waals surface area contributed by atoms with Crippen molar-refractivity contribution < 1.29 is 0 Å². The minimum atomic E-state index is 0.803. The summed E-state index contributed by atoms with van der Waals surface area (Å²) in [6.07, 6.45) is 8.50. The van der Waals surface area contributed by atoms with Crippen LogP contribution in [0.4, 0.5) is 0 Å². The Balaban J connectivity index is 1.43. The smallest absolute Gasteiger partial charge is 0.0964 e. The minimum Gasteiger partial charge on any atom is -0.311 e. The van der Waals surface area contributed by atoms with Crippen LogP contribution in [0.25, 0.3) is 0 Å². The van der Waals surface area contributed by atoms with Gasteiger partial charge in [0.15, 0.2) is 0 Å². The Hall–Kier alpha value is -1.69. The van der Waals surface area contributed by atoms with Crippen molar-refractivity contribution in [2.75, 3.05) is 6.54 Å². The molecule has 2 heterocycles. The highest BCUT2D eigenvalue weighted by Crippen LogP contribution is 2.27. The molecule has 0 aromatic carbocycles. The molecule has 1 aliphatic carbocycles. The van der Waals surface area contributed by atoms with Crippen LogP contribution in [-0.2, 0) is 19.6 Å². The van der Waals surface area contributed by atoms with E-state index in [9.17, 15) is 0 Å². The predicted octanol–water partition coefficient (Wildman–Crippen LogP) is 0.674. The number of aryl methyl sites for hydroxylation is 2. The fourth-order valence-corrected chi connectivity index (χ4v) is 1.89. The molecule has 1 fully saturated rings. The molecule has 0 spiro atoms. The number of rotatable bonds is 7. The van der Waals surface area contributed by atoms with Gasteiger partial charge in [0, 0.05) is 25.1 Å². The summed E-state index contributed by atoms with van der Waals surface area (Å²) in [5, 5.41) is 15.8. The van der Waals surface area contributed by atoms with Crippen molar-refractivity contribution in [3.05, 3.63) is 30.4 Å². The highest BCUT2D eigenvalue weighted by molar-refractivity contribution is 4.92. The molecular formula is C12H18N6. The van der Waals surface area contributed by atoms with Crippen LogP contribution >= 0.6 is 0 Å². The zero-order valence-electron chi connectivity index (χ0n) is 10.4. The highest BCUT2D eigenvalue weighted by atomic mass is 15.4. The van der Waals surface area contributed by atoms with Gasteiger partial charge in [0.1, 0.15) is 0 Å². The summed E-state index contributed by atoms with van der Waals surface area (Å²) in [7, 11) is 0. The summed E-state index contributed by atoms with van der Waals surface area (Å²) < 4.78 is 3.77. The summed E-state index contributed by atoms with van der Waals surface area (Å²) in [6.45, 7) is 3.56. The van der Waals surface area contributed by atoms with E-state index in [0.717, 1.165) is 37.8 Å². The Bertz CT molecular complexity index is 470. The number of nitrogens with one attached hydrogen (secondary N) is 1. The zero-order chi connectivity index (χ0) is 12.2. The Morgan fingerprint density at radius 3 is 2.94 bits per heavy atom. The van der Waals surface area contributed by atoms with Gasteiger partial charge in [-0.05, 0) is 31.4 Å². The lowest BCUT2D eigenvalue weighted by Gasteiger charge is -2.00. The van der Waals surface area contributed by atoms with Gasteiger partial charge in [-0.2, -0.15) is 5.10 Å². The van der Waals surface area contributed by atoms with Crippen LogP contribution in [0.2, 0.25) is 0 Å². The van der Waals surface area contributed by atoms with Crippen LogP contribution in [0.15, 0.2) is 24.7 Å². The fourth-order valence-electron chi connectivity index (χ4n) is 1.89. The first kappa shape index (κ1) is 11.4. The lowest BCUT2D eigenvalue weighted by atomic mass is 10.4. The van der Waals surface area contributed by atoms with E-state index >= 15 is 0 Å². The van der Waals surface area contributed by atoms with Crippen LogP contribution in [0, 0.1) is 5.92 Å². The molecule has 3 rings (SSSR count). The molecule has 96 valence electrons. The molecule has 2 aromatic rings. The average Bonchev–Trinajstić information content (AvgIpc) is 2.90. The Morgan fingerprint density at radius 1 is 1.28 bits per heavy atom. The van der Waals surface area contributed by atoms with Gasteiger partial charge in [-0.3, -0.25) is 9.36 Å². The first-order valence-electron chi connectivity index (χ1n) is 6.47. The third kappa shape index (κ3) is 3.16. The summed E-state index contributed by atoms with van der Waals surface area (Å²) in [5.41, 5.74) is 1.01. The molecule has 18 heavy (non-hydrogen) atoms. The molecule has 2 aromatic heterocycles.